The highest BCUT2D eigenvalue weighted by Gasteiger charge is 2.45. The van der Waals surface area contributed by atoms with Crippen LogP contribution in [0.3, 0.4) is 0 Å². The topological polar surface area (TPSA) is 159 Å². The molecule has 0 bridgehead atoms. The number of aliphatic hydroxyl groups is 3. The summed E-state index contributed by atoms with van der Waals surface area (Å²) >= 11 is 0. The van der Waals surface area contributed by atoms with Gasteiger partial charge < -0.3 is 44.1 Å². The molecule has 13 nitrogen and oxygen atoms in total. The van der Waals surface area contributed by atoms with Crippen LogP contribution in [0.15, 0.2) is 15.8 Å². The highest BCUT2D eigenvalue weighted by Crippen LogP contribution is 2.30. The number of likely N-dealkylation sites (N-methyl/N-ethyl adjacent to an activating group) is 2. The number of H-pyrrole nitrogens is 1. The van der Waals surface area contributed by atoms with Gasteiger partial charge in [-0.2, -0.15) is 0 Å². The lowest BCUT2D eigenvalue weighted by atomic mass is 10.1. The van der Waals surface area contributed by atoms with E-state index < -0.39 is 42.4 Å². The third-order valence-electron chi connectivity index (χ3n) is 5.05. The first kappa shape index (κ1) is 31.4. The van der Waals surface area contributed by atoms with Crippen LogP contribution in [0.2, 0.25) is 0 Å². The van der Waals surface area contributed by atoms with Crippen molar-refractivity contribution in [3.8, 4) is 0 Å². The van der Waals surface area contributed by atoms with E-state index in [0.29, 0.717) is 32.0 Å². The molecule has 0 unspecified atom stereocenters. The summed E-state index contributed by atoms with van der Waals surface area (Å²) in [5, 5.41) is 28.0. The van der Waals surface area contributed by atoms with Crippen molar-refractivity contribution in [3.63, 3.8) is 0 Å². The monoisotopic (exact) mass is 506 g/mol. The van der Waals surface area contributed by atoms with E-state index in [1.807, 2.05) is 38.0 Å². The van der Waals surface area contributed by atoms with Crippen LogP contribution in [0.1, 0.15) is 11.8 Å². The van der Waals surface area contributed by atoms with Crippen LogP contribution in [0.5, 0.6) is 0 Å². The van der Waals surface area contributed by atoms with Crippen molar-refractivity contribution in [2.45, 2.75) is 31.5 Å². The summed E-state index contributed by atoms with van der Waals surface area (Å²) in [6.07, 6.45) is -2.51. The standard InChI is InChI=1S/C16H27N3O7.C6H15NO2/c1-10-8-19(16(23)17-14(10)22)15-13(12(21)11(9-20)26-15)25-7-6-24-5-4-18(2)3;1-7(2)3-5-9-6-4-8/h8,11-13,15,20-21H,4-7,9H2,1-3H3,(H,17,22,23);8H,3-6H2,1-2H3/t11-,12-,13-,15-;/m1./s1. The van der Waals surface area contributed by atoms with Crippen molar-refractivity contribution < 1.29 is 34.3 Å². The fraction of sp³-hybridized carbons (Fsp3) is 0.818. The predicted molar refractivity (Wildman–Crippen MR) is 129 cm³/mol. The molecule has 0 radical (unpaired) electrons. The number of aliphatic hydroxyl groups excluding tert-OH is 3. The Morgan fingerprint density at radius 1 is 1.00 bits per heavy atom. The maximum Gasteiger partial charge on any atom is 0.330 e. The average Bonchev–Trinajstić information content (AvgIpc) is 3.11. The minimum Gasteiger partial charge on any atom is -0.394 e. The molecule has 2 rings (SSSR count). The minimum absolute atomic E-state index is 0.118. The second kappa shape index (κ2) is 16.9. The van der Waals surface area contributed by atoms with E-state index in [9.17, 15) is 19.8 Å². The van der Waals surface area contributed by atoms with Crippen molar-refractivity contribution in [1.29, 1.82) is 0 Å². The van der Waals surface area contributed by atoms with E-state index >= 15 is 0 Å². The molecule has 1 aromatic rings. The number of aryl methyl sites for hydroxylation is 1. The lowest BCUT2D eigenvalue weighted by Crippen LogP contribution is -2.40. The first-order valence-corrected chi connectivity index (χ1v) is 11.6. The van der Waals surface area contributed by atoms with Gasteiger partial charge in [-0.3, -0.25) is 14.3 Å². The molecular formula is C22H42N4O9. The zero-order valence-corrected chi connectivity index (χ0v) is 21.4. The highest BCUT2D eigenvalue weighted by atomic mass is 16.6. The van der Waals surface area contributed by atoms with Crippen LogP contribution in [0.4, 0.5) is 0 Å². The normalized spacial score (nSPS) is 22.0. The molecule has 4 N–H and O–H groups in total. The number of nitrogens with zero attached hydrogens (tertiary/aromatic N) is 3. The molecule has 1 fully saturated rings. The lowest BCUT2D eigenvalue weighted by molar-refractivity contribution is -0.0847. The summed E-state index contributed by atoms with van der Waals surface area (Å²) in [6.45, 7) is 5.13. The van der Waals surface area contributed by atoms with E-state index in [1.54, 1.807) is 6.92 Å². The maximum absolute atomic E-state index is 12.1. The Morgan fingerprint density at radius 3 is 2.14 bits per heavy atom. The van der Waals surface area contributed by atoms with Gasteiger partial charge in [0, 0.05) is 24.8 Å². The lowest BCUT2D eigenvalue weighted by Gasteiger charge is -2.22. The van der Waals surface area contributed by atoms with Gasteiger partial charge in [0.1, 0.15) is 18.3 Å². The van der Waals surface area contributed by atoms with E-state index in [2.05, 4.69) is 4.98 Å². The molecule has 0 aliphatic carbocycles. The minimum atomic E-state index is -1.12. The van der Waals surface area contributed by atoms with Crippen molar-refractivity contribution in [1.82, 2.24) is 19.4 Å². The summed E-state index contributed by atoms with van der Waals surface area (Å²) in [6, 6.07) is 0. The van der Waals surface area contributed by atoms with Gasteiger partial charge in [0.05, 0.1) is 46.2 Å². The van der Waals surface area contributed by atoms with Crippen LogP contribution < -0.4 is 11.2 Å². The van der Waals surface area contributed by atoms with E-state index in [4.69, 9.17) is 24.1 Å². The molecule has 13 heteroatoms. The SMILES string of the molecule is CN(C)CCOCCO.Cc1cn([C@@H]2O[C@H](CO)[C@@H](O)[C@H]2OCCOCCN(C)C)c(=O)[nH]c1=O. The van der Waals surface area contributed by atoms with Gasteiger partial charge in [-0.1, -0.05) is 0 Å². The number of nitrogens with one attached hydrogen (secondary N) is 1. The number of aromatic amines is 1. The van der Waals surface area contributed by atoms with Gasteiger partial charge >= 0.3 is 5.69 Å². The van der Waals surface area contributed by atoms with E-state index in [0.717, 1.165) is 17.7 Å². The second-order valence-electron chi connectivity index (χ2n) is 8.61. The molecule has 0 aromatic carbocycles. The number of ether oxygens (including phenoxy) is 4. The Morgan fingerprint density at radius 2 is 1.60 bits per heavy atom. The first-order valence-electron chi connectivity index (χ1n) is 11.6. The fourth-order valence-corrected chi connectivity index (χ4v) is 3.05. The van der Waals surface area contributed by atoms with Crippen molar-refractivity contribution in [2.24, 2.45) is 0 Å². The third-order valence-corrected chi connectivity index (χ3v) is 5.05. The summed E-state index contributed by atoms with van der Waals surface area (Å²) < 4.78 is 22.8. The van der Waals surface area contributed by atoms with Gasteiger partial charge in [-0.05, 0) is 35.1 Å². The fourth-order valence-electron chi connectivity index (χ4n) is 3.05. The van der Waals surface area contributed by atoms with Crippen molar-refractivity contribution >= 4 is 0 Å². The molecule has 1 aliphatic rings. The molecule has 1 aromatic heterocycles. The van der Waals surface area contributed by atoms with Crippen molar-refractivity contribution in [3.05, 3.63) is 32.6 Å². The quantitative estimate of drug-likeness (QED) is 0.200. The van der Waals surface area contributed by atoms with E-state index in [1.165, 1.54) is 6.20 Å². The number of rotatable bonds is 14. The second-order valence-corrected chi connectivity index (χ2v) is 8.61. The third kappa shape index (κ3) is 11.3. The van der Waals surface area contributed by atoms with Gasteiger partial charge in [0.2, 0.25) is 0 Å². The van der Waals surface area contributed by atoms with Gasteiger partial charge in [0.25, 0.3) is 5.56 Å². The van der Waals surface area contributed by atoms with Gasteiger partial charge in [-0.25, -0.2) is 4.79 Å². The molecule has 0 spiro atoms. The molecule has 0 saturated carbocycles. The van der Waals surface area contributed by atoms with Crippen molar-refractivity contribution in [2.75, 3.05) is 87.5 Å². The maximum atomic E-state index is 12.1. The number of hydrogen-bond acceptors (Lipinski definition) is 11. The zero-order chi connectivity index (χ0) is 26.4. The van der Waals surface area contributed by atoms with E-state index in [-0.39, 0.29) is 13.2 Å². The van der Waals surface area contributed by atoms with Crippen LogP contribution in [-0.4, -0.2) is 141 Å². The van der Waals surface area contributed by atoms with Gasteiger partial charge in [0.15, 0.2) is 6.23 Å². The summed E-state index contributed by atoms with van der Waals surface area (Å²) in [4.78, 5) is 29.9. The van der Waals surface area contributed by atoms with Crippen LogP contribution in [-0.2, 0) is 18.9 Å². The summed E-state index contributed by atoms with van der Waals surface area (Å²) in [5.74, 6) is 0. The van der Waals surface area contributed by atoms with Crippen LogP contribution in [0.25, 0.3) is 0 Å². The molecule has 4 atom stereocenters. The first-order chi connectivity index (χ1) is 16.6. The molecule has 1 aliphatic heterocycles. The number of aromatic nitrogens is 2. The molecular weight excluding hydrogens is 464 g/mol. The highest BCUT2D eigenvalue weighted by molar-refractivity contribution is 5.03. The Labute approximate surface area is 205 Å². The molecule has 35 heavy (non-hydrogen) atoms. The molecule has 204 valence electrons. The van der Waals surface area contributed by atoms with Crippen LogP contribution >= 0.6 is 0 Å². The average molecular weight is 507 g/mol. The molecule has 0 amide bonds. The molecule has 2 heterocycles. The summed E-state index contributed by atoms with van der Waals surface area (Å²) in [7, 11) is 7.86. The zero-order valence-electron chi connectivity index (χ0n) is 21.4. The Balaban J connectivity index is 0.000000579. The largest absolute Gasteiger partial charge is 0.394 e. The molecule has 1 saturated heterocycles. The number of hydrogen-bond donors (Lipinski definition) is 4. The Hall–Kier alpha value is -1.68. The Bertz CT molecular complexity index is 815. The summed E-state index contributed by atoms with van der Waals surface area (Å²) in [5.41, 5.74) is -0.844. The smallest absolute Gasteiger partial charge is 0.330 e. The Kier molecular flexibility index (Phi) is 15.1. The van der Waals surface area contributed by atoms with Gasteiger partial charge in [-0.15, -0.1) is 0 Å². The van der Waals surface area contributed by atoms with Crippen LogP contribution in [0, 0.1) is 6.92 Å². The predicted octanol–water partition coefficient (Wildman–Crippen LogP) is -2.38.